The van der Waals surface area contributed by atoms with Crippen molar-refractivity contribution in [2.75, 3.05) is 6.61 Å². The topological polar surface area (TPSA) is 65.7 Å². The molecule has 2 fully saturated rings. The molecule has 6 nitrogen and oxygen atoms in total. The molecular formula is C12H10Cl2N2O4PS+. The average Bonchev–Trinajstić information content (AvgIpc) is 3.02. The lowest BCUT2D eigenvalue weighted by molar-refractivity contribution is -0.0520. The molecule has 2 saturated heterocycles. The fourth-order valence-corrected chi connectivity index (χ4v) is 4.29. The predicted octanol–water partition coefficient (Wildman–Crippen LogP) is 2.79. The van der Waals surface area contributed by atoms with Crippen LogP contribution in [0, 0.1) is 0 Å². The molecule has 0 radical (unpaired) electrons. The molecule has 2 aromatic rings. The van der Waals surface area contributed by atoms with Gasteiger partial charge in [0.15, 0.2) is 12.3 Å². The number of benzene rings is 1. The van der Waals surface area contributed by atoms with Gasteiger partial charge in [0.2, 0.25) is 11.8 Å². The zero-order chi connectivity index (χ0) is 15.4. The molecular weight excluding hydrogens is 370 g/mol. The van der Waals surface area contributed by atoms with E-state index in [0.717, 1.165) is 5.52 Å². The quantitative estimate of drug-likeness (QED) is 0.768. The Bertz CT molecular complexity index is 773. The smallest absolute Gasteiger partial charge is 0.385 e. The maximum atomic E-state index is 10.5. The number of ether oxygens (including phenoxy) is 1. The lowest BCUT2D eigenvalue weighted by atomic mass is 10.1. The molecule has 2 aliphatic heterocycles. The summed E-state index contributed by atoms with van der Waals surface area (Å²) in [6.45, 7) is 0.312. The molecule has 116 valence electrons. The maximum Gasteiger partial charge on any atom is 0.522 e. The van der Waals surface area contributed by atoms with Crippen molar-refractivity contribution in [3.05, 3.63) is 28.5 Å². The van der Waals surface area contributed by atoms with E-state index < -0.39 is 25.6 Å². The van der Waals surface area contributed by atoms with E-state index in [2.05, 4.69) is 4.98 Å². The Kier molecular flexibility index (Phi) is 3.87. The summed E-state index contributed by atoms with van der Waals surface area (Å²) < 4.78 is 18.4. The van der Waals surface area contributed by atoms with Crippen LogP contribution >= 0.6 is 30.4 Å². The van der Waals surface area contributed by atoms with Crippen LogP contribution in [0.3, 0.4) is 0 Å². The molecule has 1 aromatic heterocycles. The lowest BCUT2D eigenvalue weighted by Gasteiger charge is -2.17. The van der Waals surface area contributed by atoms with E-state index in [-0.39, 0.29) is 6.10 Å². The normalized spacial score (nSPS) is 33.3. The van der Waals surface area contributed by atoms with E-state index in [1.54, 1.807) is 23.0 Å². The summed E-state index contributed by atoms with van der Waals surface area (Å²) in [6, 6.07) is 3.37. The van der Waals surface area contributed by atoms with Crippen molar-refractivity contribution in [3.63, 3.8) is 0 Å². The van der Waals surface area contributed by atoms with Gasteiger partial charge in [-0.25, -0.2) is 4.98 Å². The van der Waals surface area contributed by atoms with Crippen LogP contribution in [0.5, 0.6) is 0 Å². The summed E-state index contributed by atoms with van der Waals surface area (Å²) in [5, 5.41) is 11.3. The van der Waals surface area contributed by atoms with Gasteiger partial charge >= 0.3 is 7.15 Å². The number of halogens is 2. The molecule has 1 aromatic carbocycles. The minimum atomic E-state index is -1.39. The van der Waals surface area contributed by atoms with Crippen molar-refractivity contribution in [1.29, 1.82) is 0 Å². The van der Waals surface area contributed by atoms with Gasteiger partial charge in [-0.3, -0.25) is 0 Å². The maximum absolute atomic E-state index is 10.5. The van der Waals surface area contributed by atoms with E-state index in [4.69, 9.17) is 48.8 Å². The first-order valence-corrected chi connectivity index (χ1v) is 9.41. The largest absolute Gasteiger partial charge is 0.522 e. The van der Waals surface area contributed by atoms with Crippen LogP contribution in [0.4, 0.5) is 0 Å². The Hall–Kier alpha value is -0.370. The van der Waals surface area contributed by atoms with Crippen LogP contribution < -0.4 is 0 Å². The first-order valence-electron chi connectivity index (χ1n) is 6.46. The number of hydrogen-bond donors (Lipinski definition) is 1. The zero-order valence-electron chi connectivity index (χ0n) is 10.9. The van der Waals surface area contributed by atoms with Gasteiger partial charge in [-0.1, -0.05) is 23.2 Å². The lowest BCUT2D eigenvalue weighted by Crippen LogP contribution is -2.37. The Morgan fingerprint density at radius 2 is 2.14 bits per heavy atom. The van der Waals surface area contributed by atoms with Crippen molar-refractivity contribution >= 4 is 53.2 Å². The molecule has 22 heavy (non-hydrogen) atoms. The fraction of sp³-hybridized carbons (Fsp3) is 0.417. The Balaban J connectivity index is 1.73. The van der Waals surface area contributed by atoms with Crippen molar-refractivity contribution in [2.24, 2.45) is 0 Å². The minimum Gasteiger partial charge on any atom is -0.385 e. The second-order valence-corrected chi connectivity index (χ2v) is 7.68. The monoisotopic (exact) mass is 379 g/mol. The molecule has 5 atom stereocenters. The number of aliphatic hydroxyl groups excluding tert-OH is 1. The highest BCUT2D eigenvalue weighted by molar-refractivity contribution is 8.00. The SMILES string of the molecule is O[C@@H]1[C@@H]2O[P+](=S)OC[C@H]2O[C@H]1n1cnc2cc(Cl)c(Cl)cc21. The molecule has 3 heterocycles. The summed E-state index contributed by atoms with van der Waals surface area (Å²) in [5.41, 5.74) is 1.39. The predicted molar refractivity (Wildman–Crippen MR) is 84.8 cm³/mol. The third kappa shape index (κ3) is 2.37. The highest BCUT2D eigenvalue weighted by Crippen LogP contribution is 2.43. The number of aliphatic hydroxyl groups is 1. The molecule has 4 rings (SSSR count). The third-order valence-electron chi connectivity index (χ3n) is 3.75. The summed E-state index contributed by atoms with van der Waals surface area (Å²) in [7, 11) is -1.39. The highest BCUT2D eigenvalue weighted by Gasteiger charge is 2.53. The van der Waals surface area contributed by atoms with E-state index in [1.807, 2.05) is 0 Å². The number of nitrogens with zero attached hydrogens (tertiary/aromatic N) is 2. The van der Waals surface area contributed by atoms with Gasteiger partial charge in [0.25, 0.3) is 0 Å². The van der Waals surface area contributed by atoms with Gasteiger partial charge in [-0.2, -0.15) is 0 Å². The molecule has 0 saturated carbocycles. The van der Waals surface area contributed by atoms with Crippen molar-refractivity contribution in [3.8, 4) is 0 Å². The second-order valence-electron chi connectivity index (χ2n) is 5.05. The summed E-state index contributed by atoms with van der Waals surface area (Å²) in [5.74, 6) is 0. The van der Waals surface area contributed by atoms with Crippen LogP contribution in [0.15, 0.2) is 18.5 Å². The van der Waals surface area contributed by atoms with Gasteiger partial charge < -0.3 is 14.4 Å². The first kappa shape index (κ1) is 15.2. The number of aromatic nitrogens is 2. The van der Waals surface area contributed by atoms with Gasteiger partial charge in [-0.05, 0) is 12.1 Å². The van der Waals surface area contributed by atoms with E-state index >= 15 is 0 Å². The van der Waals surface area contributed by atoms with Crippen LogP contribution in [0.1, 0.15) is 6.23 Å². The summed E-state index contributed by atoms with van der Waals surface area (Å²) >= 11 is 17.1. The zero-order valence-corrected chi connectivity index (χ0v) is 14.1. The number of rotatable bonds is 1. The summed E-state index contributed by atoms with van der Waals surface area (Å²) in [4.78, 5) is 4.27. The molecule has 0 spiro atoms. The number of imidazole rings is 1. The van der Waals surface area contributed by atoms with Crippen molar-refractivity contribution < 1.29 is 18.9 Å². The van der Waals surface area contributed by atoms with Crippen LogP contribution in [-0.4, -0.2) is 39.6 Å². The molecule has 0 aliphatic carbocycles. The number of fused-ring (bicyclic) bond motifs is 2. The van der Waals surface area contributed by atoms with Gasteiger partial charge in [0.05, 0.1) is 27.4 Å². The second kappa shape index (κ2) is 5.61. The van der Waals surface area contributed by atoms with E-state index in [0.29, 0.717) is 22.2 Å². The molecule has 2 aliphatic rings. The number of hydrogen-bond acceptors (Lipinski definition) is 6. The standard InChI is InChI=1S/C12H10Cl2N2O4PS/c13-5-1-7-8(2-6(5)14)16(4-15-7)12-10(17)11-9(19-12)3-18-21(22)20-11/h1-2,4,9-12,17H,3H2/q+1/t9-,10-,11-,12-/m1/s1. The van der Waals surface area contributed by atoms with Gasteiger partial charge in [0, 0.05) is 0 Å². The molecule has 1 unspecified atom stereocenters. The molecule has 1 N–H and O–H groups in total. The van der Waals surface area contributed by atoms with Gasteiger partial charge in [-0.15, -0.1) is 9.05 Å². The van der Waals surface area contributed by atoms with Crippen LogP contribution in [0.25, 0.3) is 11.0 Å². The molecule has 10 heteroatoms. The minimum absolute atomic E-state index is 0.312. The van der Waals surface area contributed by atoms with Crippen LogP contribution in [-0.2, 0) is 25.6 Å². The summed E-state index contributed by atoms with van der Waals surface area (Å²) in [6.07, 6.45) is -0.782. The highest BCUT2D eigenvalue weighted by atomic mass is 35.5. The Morgan fingerprint density at radius 1 is 1.36 bits per heavy atom. The molecule has 0 bridgehead atoms. The fourth-order valence-electron chi connectivity index (χ4n) is 2.70. The molecule has 0 amide bonds. The van der Waals surface area contributed by atoms with E-state index in [9.17, 15) is 5.11 Å². The van der Waals surface area contributed by atoms with Crippen molar-refractivity contribution in [2.45, 2.75) is 24.5 Å². The van der Waals surface area contributed by atoms with Gasteiger partial charge in [0.1, 0.15) is 18.8 Å². The van der Waals surface area contributed by atoms with Crippen LogP contribution in [0.2, 0.25) is 10.0 Å². The van der Waals surface area contributed by atoms with Crippen molar-refractivity contribution in [1.82, 2.24) is 9.55 Å². The Morgan fingerprint density at radius 3 is 2.95 bits per heavy atom. The first-order chi connectivity index (χ1) is 10.5. The Labute approximate surface area is 141 Å². The third-order valence-corrected chi connectivity index (χ3v) is 5.82. The average molecular weight is 380 g/mol. The van der Waals surface area contributed by atoms with E-state index in [1.165, 1.54) is 0 Å².